The molecule has 4 aliphatic rings. The molecule has 30 heavy (non-hydrogen) atoms. The lowest BCUT2D eigenvalue weighted by atomic mass is 9.54. The number of amides is 1. The van der Waals surface area contributed by atoms with Crippen molar-refractivity contribution >= 4 is 23.8 Å². The van der Waals surface area contributed by atoms with E-state index in [1.54, 1.807) is 11.8 Å². The van der Waals surface area contributed by atoms with Gasteiger partial charge in [0.2, 0.25) is 5.91 Å². The van der Waals surface area contributed by atoms with Gasteiger partial charge in [-0.3, -0.25) is 9.59 Å². The standard InChI is InChI=1S/C19H32N2O3.C2H2O4/c1-11(20)18(23)21(10-16(22)24-19(2,3)4)17-14-6-12-5-13(8-14)9-15(17)7-12;3-1(4)2(5)6/h11-15,17H,5-10,20H2,1-4H3;(H,3,4)(H,5,6)/t11-,12?,13?,14?,15?,17?;/m0./s1. The number of hydrogen-bond donors (Lipinski definition) is 3. The number of rotatable bonds is 4. The Hall–Kier alpha value is -2.16. The first-order valence-electron chi connectivity index (χ1n) is 10.5. The SMILES string of the molecule is C[C@H](N)C(=O)N(CC(=O)OC(C)(C)C)C1C2CC3CC(C2)CC1C3.O=C(O)C(=O)O. The maximum absolute atomic E-state index is 12.8. The Labute approximate surface area is 176 Å². The van der Waals surface area contributed by atoms with Crippen molar-refractivity contribution in [2.24, 2.45) is 29.4 Å². The van der Waals surface area contributed by atoms with Crippen LogP contribution in [-0.4, -0.2) is 63.2 Å². The molecule has 4 saturated carbocycles. The molecule has 0 saturated heterocycles. The zero-order valence-corrected chi connectivity index (χ0v) is 18.2. The van der Waals surface area contributed by atoms with Gasteiger partial charge in [0.05, 0.1) is 6.04 Å². The highest BCUT2D eigenvalue weighted by molar-refractivity contribution is 6.27. The van der Waals surface area contributed by atoms with Gasteiger partial charge in [0.15, 0.2) is 0 Å². The lowest BCUT2D eigenvalue weighted by Crippen LogP contribution is -2.60. The average Bonchev–Trinajstić information content (AvgIpc) is 2.57. The van der Waals surface area contributed by atoms with Crippen LogP contribution < -0.4 is 5.73 Å². The molecule has 1 amide bonds. The number of esters is 1. The molecule has 1 atom stereocenters. The number of carbonyl (C=O) groups is 4. The van der Waals surface area contributed by atoms with Crippen molar-refractivity contribution < 1.29 is 34.1 Å². The minimum Gasteiger partial charge on any atom is -0.473 e. The van der Waals surface area contributed by atoms with Crippen molar-refractivity contribution in [3.8, 4) is 0 Å². The highest BCUT2D eigenvalue weighted by Gasteiger charge is 2.51. The summed E-state index contributed by atoms with van der Waals surface area (Å²) in [5, 5.41) is 14.8. The van der Waals surface area contributed by atoms with Gasteiger partial charge >= 0.3 is 17.9 Å². The van der Waals surface area contributed by atoms with E-state index in [1.807, 2.05) is 20.8 Å². The second-order valence-corrected chi connectivity index (χ2v) is 9.87. The van der Waals surface area contributed by atoms with Gasteiger partial charge in [-0.2, -0.15) is 0 Å². The predicted molar refractivity (Wildman–Crippen MR) is 107 cm³/mol. The molecule has 4 aliphatic carbocycles. The van der Waals surface area contributed by atoms with Crippen LogP contribution in [0.15, 0.2) is 0 Å². The van der Waals surface area contributed by atoms with Crippen molar-refractivity contribution in [2.45, 2.75) is 77.5 Å². The largest absolute Gasteiger partial charge is 0.473 e. The molecule has 4 bridgehead atoms. The zero-order chi connectivity index (χ0) is 22.8. The first-order valence-corrected chi connectivity index (χ1v) is 10.5. The number of hydrogen-bond acceptors (Lipinski definition) is 6. The zero-order valence-electron chi connectivity index (χ0n) is 18.2. The van der Waals surface area contributed by atoms with Crippen LogP contribution >= 0.6 is 0 Å². The Morgan fingerprint density at radius 3 is 1.73 bits per heavy atom. The summed E-state index contributed by atoms with van der Waals surface area (Å²) in [7, 11) is 0. The Bertz CT molecular complexity index is 643. The van der Waals surface area contributed by atoms with Crippen LogP contribution in [0.3, 0.4) is 0 Å². The summed E-state index contributed by atoms with van der Waals surface area (Å²) in [4.78, 5) is 45.1. The molecule has 0 aromatic rings. The van der Waals surface area contributed by atoms with Crippen LogP contribution in [0.4, 0.5) is 0 Å². The summed E-state index contributed by atoms with van der Waals surface area (Å²) in [6.45, 7) is 7.30. The molecule has 0 heterocycles. The Morgan fingerprint density at radius 2 is 1.40 bits per heavy atom. The summed E-state index contributed by atoms with van der Waals surface area (Å²) in [5.74, 6) is -1.36. The summed E-state index contributed by atoms with van der Waals surface area (Å²) in [6.07, 6.45) is 6.18. The van der Waals surface area contributed by atoms with E-state index in [0.29, 0.717) is 11.8 Å². The van der Waals surface area contributed by atoms with Gasteiger partial charge in [-0.1, -0.05) is 0 Å². The van der Waals surface area contributed by atoms with Gasteiger partial charge in [0.25, 0.3) is 0 Å². The summed E-state index contributed by atoms with van der Waals surface area (Å²) in [5.41, 5.74) is 5.35. The van der Waals surface area contributed by atoms with E-state index >= 15 is 0 Å². The predicted octanol–water partition coefficient (Wildman–Crippen LogP) is 1.48. The van der Waals surface area contributed by atoms with E-state index in [-0.39, 0.29) is 24.5 Å². The molecule has 4 fully saturated rings. The van der Waals surface area contributed by atoms with Crippen LogP contribution in [0.25, 0.3) is 0 Å². The van der Waals surface area contributed by atoms with Crippen molar-refractivity contribution in [3.05, 3.63) is 0 Å². The van der Waals surface area contributed by atoms with Gasteiger partial charge in [0, 0.05) is 6.04 Å². The van der Waals surface area contributed by atoms with Crippen molar-refractivity contribution in [1.82, 2.24) is 4.90 Å². The molecular weight excluding hydrogens is 392 g/mol. The Morgan fingerprint density at radius 1 is 0.967 bits per heavy atom. The number of nitrogens with two attached hydrogens (primary N) is 1. The monoisotopic (exact) mass is 426 g/mol. The number of carboxylic acid groups (broad SMARTS) is 2. The topological polar surface area (TPSA) is 147 Å². The molecule has 170 valence electrons. The third kappa shape index (κ3) is 6.17. The minimum atomic E-state index is -1.82. The molecule has 0 aliphatic heterocycles. The van der Waals surface area contributed by atoms with Gasteiger partial charge in [-0.25, -0.2) is 9.59 Å². The molecule has 4 N–H and O–H groups in total. The van der Waals surface area contributed by atoms with Crippen LogP contribution in [0.5, 0.6) is 0 Å². The van der Waals surface area contributed by atoms with E-state index < -0.39 is 23.6 Å². The Balaban J connectivity index is 0.000000469. The lowest BCUT2D eigenvalue weighted by Gasteiger charge is -2.57. The van der Waals surface area contributed by atoms with Gasteiger partial charge in [0.1, 0.15) is 12.1 Å². The first-order chi connectivity index (χ1) is 13.8. The molecule has 0 aromatic heterocycles. The molecule has 0 spiro atoms. The van der Waals surface area contributed by atoms with E-state index in [0.717, 1.165) is 11.8 Å². The maximum Gasteiger partial charge on any atom is 0.414 e. The van der Waals surface area contributed by atoms with Crippen molar-refractivity contribution in [2.75, 3.05) is 6.54 Å². The number of carbonyl (C=O) groups excluding carboxylic acids is 2. The second-order valence-electron chi connectivity index (χ2n) is 9.87. The highest BCUT2D eigenvalue weighted by Crippen LogP contribution is 2.55. The number of carboxylic acids is 2. The van der Waals surface area contributed by atoms with Gasteiger partial charge in [-0.05, 0) is 83.5 Å². The molecule has 0 radical (unpaired) electrons. The molecule has 9 nitrogen and oxygen atoms in total. The minimum absolute atomic E-state index is 0.0324. The van der Waals surface area contributed by atoms with Gasteiger partial charge in [-0.15, -0.1) is 0 Å². The fraction of sp³-hybridized carbons (Fsp3) is 0.810. The van der Waals surface area contributed by atoms with Crippen molar-refractivity contribution in [3.63, 3.8) is 0 Å². The van der Waals surface area contributed by atoms with E-state index in [1.165, 1.54) is 32.1 Å². The summed E-state index contributed by atoms with van der Waals surface area (Å²) in [6, 6.07) is -0.409. The highest BCUT2D eigenvalue weighted by atomic mass is 16.6. The first kappa shape index (κ1) is 24.1. The maximum atomic E-state index is 12.8. The average molecular weight is 427 g/mol. The van der Waals surface area contributed by atoms with Crippen LogP contribution in [-0.2, 0) is 23.9 Å². The normalized spacial score (nSPS) is 30.0. The second kappa shape index (κ2) is 9.32. The Kier molecular flexibility index (Phi) is 7.49. The number of nitrogens with zero attached hydrogens (tertiary/aromatic N) is 1. The lowest BCUT2D eigenvalue weighted by molar-refractivity contribution is -0.165. The number of aliphatic carboxylic acids is 2. The summed E-state index contributed by atoms with van der Waals surface area (Å²) >= 11 is 0. The van der Waals surface area contributed by atoms with E-state index in [9.17, 15) is 9.59 Å². The molecule has 0 unspecified atom stereocenters. The molecular formula is C21H34N2O7. The molecule has 4 rings (SSSR count). The fourth-order valence-electron chi connectivity index (χ4n) is 5.51. The van der Waals surface area contributed by atoms with Crippen LogP contribution in [0.2, 0.25) is 0 Å². The molecule has 0 aromatic carbocycles. The van der Waals surface area contributed by atoms with E-state index in [4.69, 9.17) is 30.3 Å². The van der Waals surface area contributed by atoms with E-state index in [2.05, 4.69) is 0 Å². The van der Waals surface area contributed by atoms with Crippen molar-refractivity contribution in [1.29, 1.82) is 0 Å². The smallest absolute Gasteiger partial charge is 0.414 e. The van der Waals surface area contributed by atoms with Crippen LogP contribution in [0.1, 0.15) is 59.8 Å². The summed E-state index contributed by atoms with van der Waals surface area (Å²) < 4.78 is 5.47. The molecule has 9 heteroatoms. The van der Waals surface area contributed by atoms with Gasteiger partial charge < -0.3 is 25.6 Å². The third-order valence-corrected chi connectivity index (χ3v) is 6.11. The quantitative estimate of drug-likeness (QED) is 0.452. The number of ether oxygens (including phenoxy) is 1. The third-order valence-electron chi connectivity index (χ3n) is 6.11. The fourth-order valence-corrected chi connectivity index (χ4v) is 5.51. The van der Waals surface area contributed by atoms with Crippen LogP contribution in [0, 0.1) is 23.7 Å².